The van der Waals surface area contributed by atoms with Crippen molar-refractivity contribution < 1.29 is 9.21 Å². The molecule has 0 aliphatic carbocycles. The summed E-state index contributed by atoms with van der Waals surface area (Å²) in [5, 5.41) is 0.0145. The normalized spacial score (nSPS) is 12.1. The monoisotopic (exact) mass is 336 g/mol. The van der Waals surface area contributed by atoms with E-state index in [1.807, 2.05) is 31.2 Å². The van der Waals surface area contributed by atoms with Crippen LogP contribution in [0.1, 0.15) is 45.2 Å². The standard InChI is InChI=1S/C21H20O2S/c1-14-9-11-18(12-10-14)24-21(17-7-5-4-6-8-17)20-13-19(15(2)22)16(3)23-20/h4-13,21H,1-3H3. The molecule has 0 N–H and O–H groups in total. The van der Waals surface area contributed by atoms with Gasteiger partial charge in [-0.3, -0.25) is 4.79 Å². The Labute approximate surface area is 146 Å². The molecule has 0 saturated carbocycles. The molecule has 1 unspecified atom stereocenters. The first-order valence-electron chi connectivity index (χ1n) is 7.94. The van der Waals surface area contributed by atoms with Crippen molar-refractivity contribution in [3.05, 3.63) is 88.9 Å². The minimum absolute atomic E-state index is 0.0145. The van der Waals surface area contributed by atoms with Crippen LogP contribution in [0.25, 0.3) is 0 Å². The topological polar surface area (TPSA) is 30.2 Å². The molecule has 3 rings (SSSR count). The third-order valence-corrected chi connectivity index (χ3v) is 5.24. The van der Waals surface area contributed by atoms with Crippen molar-refractivity contribution in [1.82, 2.24) is 0 Å². The van der Waals surface area contributed by atoms with Crippen LogP contribution in [0.5, 0.6) is 0 Å². The first-order chi connectivity index (χ1) is 11.5. The lowest BCUT2D eigenvalue weighted by atomic mass is 10.1. The van der Waals surface area contributed by atoms with Crippen LogP contribution in [-0.2, 0) is 0 Å². The molecule has 1 heterocycles. The van der Waals surface area contributed by atoms with E-state index in [1.165, 1.54) is 10.5 Å². The van der Waals surface area contributed by atoms with Crippen molar-refractivity contribution in [2.75, 3.05) is 0 Å². The number of carbonyl (C=O) groups is 1. The van der Waals surface area contributed by atoms with Crippen molar-refractivity contribution in [2.45, 2.75) is 30.9 Å². The number of hydrogen-bond donors (Lipinski definition) is 0. The smallest absolute Gasteiger partial charge is 0.163 e. The number of benzene rings is 2. The van der Waals surface area contributed by atoms with Gasteiger partial charge in [-0.25, -0.2) is 0 Å². The summed E-state index contributed by atoms with van der Waals surface area (Å²) < 4.78 is 5.95. The lowest BCUT2D eigenvalue weighted by molar-refractivity contribution is 0.101. The zero-order valence-corrected chi connectivity index (χ0v) is 14.9. The summed E-state index contributed by atoms with van der Waals surface area (Å²) in [6, 6.07) is 20.6. The Hall–Kier alpha value is -2.26. The van der Waals surface area contributed by atoms with Gasteiger partial charge in [0, 0.05) is 4.90 Å². The summed E-state index contributed by atoms with van der Waals surface area (Å²) in [5.41, 5.74) is 3.06. The minimum atomic E-state index is 0.0145. The molecule has 24 heavy (non-hydrogen) atoms. The molecule has 1 atom stereocenters. The highest BCUT2D eigenvalue weighted by atomic mass is 32.2. The molecule has 3 aromatic rings. The molecule has 0 bridgehead atoms. The fourth-order valence-electron chi connectivity index (χ4n) is 2.65. The van der Waals surface area contributed by atoms with Gasteiger partial charge in [-0.05, 0) is 44.5 Å². The molecule has 1 aromatic heterocycles. The van der Waals surface area contributed by atoms with Gasteiger partial charge in [0.2, 0.25) is 0 Å². The highest BCUT2D eigenvalue weighted by molar-refractivity contribution is 7.99. The second-order valence-corrected chi connectivity index (χ2v) is 7.07. The number of thioether (sulfide) groups is 1. The Kier molecular flexibility index (Phi) is 4.91. The van der Waals surface area contributed by atoms with E-state index in [4.69, 9.17) is 4.42 Å². The molecule has 0 spiro atoms. The minimum Gasteiger partial charge on any atom is -0.464 e. The molecule has 3 heteroatoms. The highest BCUT2D eigenvalue weighted by Crippen LogP contribution is 2.41. The molecule has 0 fully saturated rings. The lowest BCUT2D eigenvalue weighted by Gasteiger charge is -2.15. The number of Topliss-reactive ketones (excluding diaryl/α,β-unsaturated/α-hetero) is 1. The van der Waals surface area contributed by atoms with E-state index in [0.717, 1.165) is 11.3 Å². The first-order valence-corrected chi connectivity index (χ1v) is 8.82. The van der Waals surface area contributed by atoms with Crippen LogP contribution in [0.15, 0.2) is 70.0 Å². The van der Waals surface area contributed by atoms with Crippen molar-refractivity contribution >= 4 is 17.5 Å². The van der Waals surface area contributed by atoms with Crippen LogP contribution in [0.3, 0.4) is 0 Å². The van der Waals surface area contributed by atoms with E-state index >= 15 is 0 Å². The summed E-state index contributed by atoms with van der Waals surface area (Å²) in [6.07, 6.45) is 0. The van der Waals surface area contributed by atoms with Gasteiger partial charge in [0.05, 0.1) is 10.8 Å². The van der Waals surface area contributed by atoms with Crippen molar-refractivity contribution in [3.8, 4) is 0 Å². The predicted octanol–water partition coefficient (Wildman–Crippen LogP) is 5.98. The van der Waals surface area contributed by atoms with Crippen LogP contribution in [-0.4, -0.2) is 5.78 Å². The average Bonchev–Trinajstić information content (AvgIpc) is 2.97. The van der Waals surface area contributed by atoms with Crippen LogP contribution in [0, 0.1) is 13.8 Å². The number of hydrogen-bond acceptors (Lipinski definition) is 3. The Morgan fingerprint density at radius 3 is 2.25 bits per heavy atom. The summed E-state index contributed by atoms with van der Waals surface area (Å²) in [6.45, 7) is 5.50. The molecular weight excluding hydrogens is 316 g/mol. The second-order valence-electron chi connectivity index (χ2n) is 5.90. The number of ketones is 1. The van der Waals surface area contributed by atoms with Crippen molar-refractivity contribution in [1.29, 1.82) is 0 Å². The SMILES string of the molecule is CC(=O)c1cc(C(Sc2ccc(C)cc2)c2ccccc2)oc1C. The Morgan fingerprint density at radius 1 is 1.00 bits per heavy atom. The van der Waals surface area contributed by atoms with E-state index in [2.05, 4.69) is 43.3 Å². The van der Waals surface area contributed by atoms with Crippen LogP contribution in [0.2, 0.25) is 0 Å². The molecule has 122 valence electrons. The van der Waals surface area contributed by atoms with E-state index in [-0.39, 0.29) is 11.0 Å². The molecule has 0 amide bonds. The quantitative estimate of drug-likeness (QED) is 0.424. The maximum Gasteiger partial charge on any atom is 0.163 e. The third-order valence-electron chi connectivity index (χ3n) is 3.95. The summed E-state index contributed by atoms with van der Waals surface area (Å²) in [7, 11) is 0. The zero-order chi connectivity index (χ0) is 17.1. The average molecular weight is 336 g/mol. The largest absolute Gasteiger partial charge is 0.464 e. The zero-order valence-electron chi connectivity index (χ0n) is 14.1. The maximum atomic E-state index is 11.8. The first kappa shape index (κ1) is 16.6. The Balaban J connectivity index is 2.00. The predicted molar refractivity (Wildman–Crippen MR) is 98.8 cm³/mol. The molecule has 0 aliphatic heterocycles. The molecule has 2 nitrogen and oxygen atoms in total. The summed E-state index contributed by atoms with van der Waals surface area (Å²) >= 11 is 1.73. The summed E-state index contributed by atoms with van der Waals surface area (Å²) in [4.78, 5) is 12.9. The van der Waals surface area contributed by atoms with Crippen LogP contribution < -0.4 is 0 Å². The van der Waals surface area contributed by atoms with Gasteiger partial charge >= 0.3 is 0 Å². The summed E-state index contributed by atoms with van der Waals surface area (Å²) in [5.74, 6) is 1.53. The van der Waals surface area contributed by atoms with Crippen molar-refractivity contribution in [3.63, 3.8) is 0 Å². The molecule has 2 aromatic carbocycles. The van der Waals surface area contributed by atoms with Gasteiger partial charge in [-0.1, -0.05) is 48.0 Å². The molecular formula is C21H20O2S. The maximum absolute atomic E-state index is 11.8. The lowest BCUT2D eigenvalue weighted by Crippen LogP contribution is -1.95. The van der Waals surface area contributed by atoms with Gasteiger partial charge in [0.15, 0.2) is 5.78 Å². The van der Waals surface area contributed by atoms with Gasteiger partial charge in [-0.15, -0.1) is 11.8 Å². The number of aryl methyl sites for hydroxylation is 2. The van der Waals surface area contributed by atoms with Crippen molar-refractivity contribution in [2.24, 2.45) is 0 Å². The Bertz CT molecular complexity index is 832. The third kappa shape index (κ3) is 3.62. The van der Waals surface area contributed by atoms with Gasteiger partial charge < -0.3 is 4.42 Å². The van der Waals surface area contributed by atoms with E-state index in [9.17, 15) is 4.79 Å². The van der Waals surface area contributed by atoms with E-state index in [1.54, 1.807) is 18.7 Å². The fraction of sp³-hybridized carbons (Fsp3) is 0.190. The van der Waals surface area contributed by atoms with Gasteiger partial charge in [0.1, 0.15) is 11.5 Å². The van der Waals surface area contributed by atoms with E-state index < -0.39 is 0 Å². The molecule has 0 radical (unpaired) electrons. The highest BCUT2D eigenvalue weighted by Gasteiger charge is 2.22. The van der Waals surface area contributed by atoms with E-state index in [0.29, 0.717) is 11.3 Å². The molecule has 0 aliphatic rings. The van der Waals surface area contributed by atoms with Crippen LogP contribution >= 0.6 is 11.8 Å². The van der Waals surface area contributed by atoms with Gasteiger partial charge in [0.25, 0.3) is 0 Å². The van der Waals surface area contributed by atoms with Crippen LogP contribution in [0.4, 0.5) is 0 Å². The second kappa shape index (κ2) is 7.10. The fourth-order valence-corrected chi connectivity index (χ4v) is 3.75. The molecule has 0 saturated heterocycles. The Morgan fingerprint density at radius 2 is 1.67 bits per heavy atom. The number of furan rings is 1. The van der Waals surface area contributed by atoms with Gasteiger partial charge in [-0.2, -0.15) is 0 Å². The number of rotatable bonds is 5. The number of carbonyl (C=O) groups excluding carboxylic acids is 1.